The number of fused-ring (bicyclic) bond motifs is 1. The normalized spacial score (nSPS) is 15.6. The first-order valence-electron chi connectivity index (χ1n) is 8.53. The maximum atomic E-state index is 13.0. The van der Waals surface area contributed by atoms with Crippen LogP contribution in [0.3, 0.4) is 0 Å². The van der Waals surface area contributed by atoms with Gasteiger partial charge in [0, 0.05) is 11.0 Å². The number of halogens is 1. The zero-order chi connectivity index (χ0) is 17.8. The van der Waals surface area contributed by atoms with Gasteiger partial charge in [0.15, 0.2) is 5.16 Å². The largest absolute Gasteiger partial charge is 0.287 e. The molecule has 1 aliphatic carbocycles. The lowest BCUT2D eigenvalue weighted by Crippen LogP contribution is -2.24. The Morgan fingerprint density at radius 3 is 3.00 bits per heavy atom. The summed E-state index contributed by atoms with van der Waals surface area (Å²) in [7, 11) is 0. The highest BCUT2D eigenvalue weighted by Gasteiger charge is 2.15. The van der Waals surface area contributed by atoms with E-state index in [4.69, 9.17) is 5.26 Å². The Kier molecular flexibility index (Phi) is 5.98. The third kappa shape index (κ3) is 4.34. The lowest BCUT2D eigenvalue weighted by Gasteiger charge is -2.16. The molecule has 3 rings (SSSR count). The van der Waals surface area contributed by atoms with Crippen LogP contribution in [0.25, 0.3) is 10.9 Å². The summed E-state index contributed by atoms with van der Waals surface area (Å²) in [5.74, 6) is 0. The number of aromatic nitrogens is 2. The molecular weight excluding hydrogens is 398 g/mol. The first-order valence-corrected chi connectivity index (χ1v) is 10.2. The molecule has 0 saturated heterocycles. The van der Waals surface area contributed by atoms with E-state index in [2.05, 4.69) is 33.1 Å². The van der Waals surface area contributed by atoms with E-state index in [-0.39, 0.29) is 10.8 Å². The number of allylic oxidation sites excluding steroid dienone is 2. The van der Waals surface area contributed by atoms with E-state index < -0.39 is 0 Å². The fourth-order valence-electron chi connectivity index (χ4n) is 3.03. The zero-order valence-electron chi connectivity index (χ0n) is 14.2. The number of hydrogen-bond donors (Lipinski definition) is 0. The number of nitrogens with zero attached hydrogens (tertiary/aromatic N) is 3. The second-order valence-electron chi connectivity index (χ2n) is 6.26. The molecule has 0 N–H and O–H groups in total. The molecule has 0 spiro atoms. The Labute approximate surface area is 160 Å². The van der Waals surface area contributed by atoms with E-state index in [1.54, 1.807) is 4.57 Å². The predicted octanol–water partition coefficient (Wildman–Crippen LogP) is 5.05. The van der Waals surface area contributed by atoms with E-state index in [1.807, 2.05) is 25.1 Å². The summed E-state index contributed by atoms with van der Waals surface area (Å²) in [6.07, 6.45) is 7.94. The lowest BCUT2D eigenvalue weighted by molar-refractivity contribution is 0.569. The Morgan fingerprint density at radius 1 is 1.44 bits per heavy atom. The first-order chi connectivity index (χ1) is 12.1. The van der Waals surface area contributed by atoms with Gasteiger partial charge in [0.05, 0.1) is 22.2 Å². The van der Waals surface area contributed by atoms with Crippen LogP contribution in [-0.4, -0.2) is 14.8 Å². The molecule has 1 heterocycles. The van der Waals surface area contributed by atoms with Gasteiger partial charge >= 0.3 is 0 Å². The molecule has 0 fully saturated rings. The highest BCUT2D eigenvalue weighted by molar-refractivity contribution is 9.10. The molecule has 0 bridgehead atoms. The summed E-state index contributed by atoms with van der Waals surface area (Å²) in [6.45, 7) is 2.44. The molecule has 1 atom stereocenters. The van der Waals surface area contributed by atoms with Gasteiger partial charge in [-0.3, -0.25) is 9.36 Å². The van der Waals surface area contributed by atoms with Crippen molar-refractivity contribution in [2.45, 2.75) is 56.0 Å². The van der Waals surface area contributed by atoms with Crippen molar-refractivity contribution in [3.63, 3.8) is 0 Å². The summed E-state index contributed by atoms with van der Waals surface area (Å²) in [5, 5.41) is 10.1. The third-order valence-corrected chi connectivity index (χ3v) is 5.86. The van der Waals surface area contributed by atoms with E-state index in [1.165, 1.54) is 30.2 Å². The van der Waals surface area contributed by atoms with Gasteiger partial charge in [0.2, 0.25) is 0 Å². The molecule has 2 aromatic rings. The number of thioether (sulfide) groups is 1. The molecule has 0 saturated carbocycles. The quantitative estimate of drug-likeness (QED) is 0.387. The summed E-state index contributed by atoms with van der Waals surface area (Å²) in [5.41, 5.74) is 2.07. The van der Waals surface area contributed by atoms with Crippen LogP contribution in [0.4, 0.5) is 0 Å². The second-order valence-corrected chi connectivity index (χ2v) is 8.48. The Bertz CT molecular complexity index is 913. The van der Waals surface area contributed by atoms with Gasteiger partial charge in [0.1, 0.15) is 0 Å². The number of benzene rings is 1. The topological polar surface area (TPSA) is 58.7 Å². The molecule has 0 aliphatic heterocycles. The van der Waals surface area contributed by atoms with Crippen molar-refractivity contribution in [2.24, 2.45) is 0 Å². The average molecular weight is 418 g/mol. The standard InChI is InChI=1S/C19H20BrN3OS/c1-13(12-21)25-19-22-17-8-7-15(20)11-16(17)18(24)23(19)10-9-14-5-3-2-4-6-14/h5,7-8,11,13H,2-4,6,9-10H2,1H3/t13-/m0/s1. The number of nitriles is 1. The third-order valence-electron chi connectivity index (χ3n) is 4.39. The van der Waals surface area contributed by atoms with Crippen molar-refractivity contribution in [2.75, 3.05) is 0 Å². The molecule has 25 heavy (non-hydrogen) atoms. The predicted molar refractivity (Wildman–Crippen MR) is 106 cm³/mol. The van der Waals surface area contributed by atoms with Crippen molar-refractivity contribution >= 4 is 38.6 Å². The van der Waals surface area contributed by atoms with Gasteiger partial charge < -0.3 is 0 Å². The van der Waals surface area contributed by atoms with Crippen LogP contribution >= 0.6 is 27.7 Å². The van der Waals surface area contributed by atoms with Gasteiger partial charge in [-0.15, -0.1) is 0 Å². The molecule has 0 radical (unpaired) electrons. The maximum absolute atomic E-state index is 13.0. The monoisotopic (exact) mass is 417 g/mol. The SMILES string of the molecule is C[C@@H](C#N)Sc1nc2ccc(Br)cc2c(=O)n1CCC1=CCCCC1. The second kappa shape index (κ2) is 8.20. The molecule has 1 aliphatic rings. The van der Waals surface area contributed by atoms with E-state index >= 15 is 0 Å². The van der Waals surface area contributed by atoms with Gasteiger partial charge in [0.25, 0.3) is 5.56 Å². The molecule has 0 amide bonds. The Balaban J connectivity index is 2.01. The fourth-order valence-corrected chi connectivity index (χ4v) is 4.21. The molecule has 0 unspecified atom stereocenters. The Hall–Kier alpha value is -1.58. The summed E-state index contributed by atoms with van der Waals surface area (Å²) in [6, 6.07) is 7.76. The number of hydrogen-bond acceptors (Lipinski definition) is 4. The Morgan fingerprint density at radius 2 is 2.28 bits per heavy atom. The number of rotatable bonds is 5. The van der Waals surface area contributed by atoms with Crippen molar-refractivity contribution in [1.82, 2.24) is 9.55 Å². The van der Waals surface area contributed by atoms with Crippen molar-refractivity contribution in [3.8, 4) is 6.07 Å². The van der Waals surface area contributed by atoms with Crippen molar-refractivity contribution < 1.29 is 0 Å². The van der Waals surface area contributed by atoms with Crippen LogP contribution in [0.1, 0.15) is 39.0 Å². The zero-order valence-corrected chi connectivity index (χ0v) is 16.6. The molecule has 130 valence electrons. The molecule has 4 nitrogen and oxygen atoms in total. The van der Waals surface area contributed by atoms with Crippen molar-refractivity contribution in [3.05, 3.63) is 44.7 Å². The molecule has 1 aromatic carbocycles. The lowest BCUT2D eigenvalue weighted by atomic mass is 9.97. The minimum Gasteiger partial charge on any atom is -0.287 e. The summed E-state index contributed by atoms with van der Waals surface area (Å²) >= 11 is 4.78. The highest BCUT2D eigenvalue weighted by Crippen LogP contribution is 2.25. The summed E-state index contributed by atoms with van der Waals surface area (Å²) in [4.78, 5) is 17.7. The minimum absolute atomic E-state index is 0.0321. The summed E-state index contributed by atoms with van der Waals surface area (Å²) < 4.78 is 2.61. The van der Waals surface area contributed by atoms with Crippen LogP contribution in [0, 0.1) is 11.3 Å². The fraction of sp³-hybridized carbons (Fsp3) is 0.421. The van der Waals surface area contributed by atoms with Crippen LogP contribution in [0.15, 0.2) is 44.3 Å². The first kappa shape index (κ1) is 18.2. The van der Waals surface area contributed by atoms with Crippen molar-refractivity contribution in [1.29, 1.82) is 5.26 Å². The van der Waals surface area contributed by atoms with E-state index in [9.17, 15) is 4.79 Å². The van der Waals surface area contributed by atoms with Gasteiger partial charge in [-0.25, -0.2) is 4.98 Å². The average Bonchev–Trinajstić information content (AvgIpc) is 2.63. The highest BCUT2D eigenvalue weighted by atomic mass is 79.9. The van der Waals surface area contributed by atoms with Crippen LogP contribution < -0.4 is 5.56 Å². The van der Waals surface area contributed by atoms with Gasteiger partial charge in [-0.05, 0) is 57.2 Å². The van der Waals surface area contributed by atoms with Crippen LogP contribution in [-0.2, 0) is 6.54 Å². The van der Waals surface area contributed by atoms with Crippen LogP contribution in [0.5, 0.6) is 0 Å². The molecule has 6 heteroatoms. The smallest absolute Gasteiger partial charge is 0.262 e. The van der Waals surface area contributed by atoms with Crippen LogP contribution in [0.2, 0.25) is 0 Å². The molecular formula is C19H20BrN3OS. The van der Waals surface area contributed by atoms with E-state index in [0.29, 0.717) is 22.6 Å². The maximum Gasteiger partial charge on any atom is 0.262 e. The minimum atomic E-state index is -0.250. The van der Waals surface area contributed by atoms with E-state index in [0.717, 1.165) is 23.7 Å². The molecule has 1 aromatic heterocycles. The van der Waals surface area contributed by atoms with Gasteiger partial charge in [-0.1, -0.05) is 39.3 Å². The van der Waals surface area contributed by atoms with Gasteiger partial charge in [-0.2, -0.15) is 5.26 Å².